The van der Waals surface area contributed by atoms with Gasteiger partial charge in [0.15, 0.2) is 6.10 Å². The van der Waals surface area contributed by atoms with Gasteiger partial charge in [-0.15, -0.1) is 0 Å². The smallest absolute Gasteiger partial charge is 0.361 e. The number of carbonyl (C=O) groups is 3. The minimum atomic E-state index is -1.51. The number of nitrogens with zero attached hydrogens (tertiary/aromatic N) is 1. The highest BCUT2D eigenvalue weighted by Crippen LogP contribution is 2.18. The van der Waals surface area contributed by atoms with Crippen molar-refractivity contribution >= 4 is 17.9 Å². The summed E-state index contributed by atoms with van der Waals surface area (Å²) in [7, 11) is 5.99. The average molecular weight is 1250 g/mol. The number of hydrogen-bond acceptors (Lipinski definition) is 7. The van der Waals surface area contributed by atoms with Gasteiger partial charge in [-0.2, -0.15) is 0 Å². The zero-order valence-corrected chi connectivity index (χ0v) is 58.8. The Morgan fingerprint density at radius 1 is 0.348 bits per heavy atom. The second-order valence-corrected chi connectivity index (χ2v) is 26.2. The van der Waals surface area contributed by atoms with Gasteiger partial charge >= 0.3 is 17.9 Å². The van der Waals surface area contributed by atoms with E-state index in [-0.39, 0.29) is 32.2 Å². The van der Waals surface area contributed by atoms with Crippen molar-refractivity contribution in [3.05, 3.63) is 97.2 Å². The first-order valence-corrected chi connectivity index (χ1v) is 37.4. The van der Waals surface area contributed by atoms with Crippen molar-refractivity contribution in [3.8, 4) is 0 Å². The Morgan fingerprint density at radius 3 is 0.955 bits per heavy atom. The fraction of sp³-hybridized carbons (Fsp3) is 0.762. The molecule has 514 valence electrons. The highest BCUT2D eigenvalue weighted by atomic mass is 16.7. The van der Waals surface area contributed by atoms with E-state index < -0.39 is 24.3 Å². The standard InChI is InChI=1S/C80H141NO8/c1-6-8-10-12-14-16-18-20-22-24-26-28-30-32-34-36-38-39-41-43-45-47-49-51-53-55-57-59-61-63-65-67-69-71-78(83)89-76(75-88-80(79(84)85)86-73-72-81(3,4)5)74-87-77(82)70-68-66-64-62-60-58-56-54-52-50-48-46-44-42-40-37-35-33-31-29-27-25-23-21-19-17-15-13-11-9-7-2/h8,10,14,16,19-22,25-28,32,34,38-39,76,80H,6-7,9,11-13,15,17-18,23-24,29-31,33,35-37,40-75H2,1-5H3/p+1/b10-8-,16-14-,21-19-,22-20-,27-25-,28-26-,34-32-,39-38-. The van der Waals surface area contributed by atoms with E-state index in [1.165, 1.54) is 225 Å². The molecule has 0 spiro atoms. The fourth-order valence-electron chi connectivity index (χ4n) is 10.6. The molecular formula is C80H142NO8+. The lowest BCUT2D eigenvalue weighted by atomic mass is 10.0. The van der Waals surface area contributed by atoms with Crippen LogP contribution in [-0.2, 0) is 33.3 Å². The summed E-state index contributed by atoms with van der Waals surface area (Å²) < 4.78 is 23.0. The minimum Gasteiger partial charge on any atom is -0.477 e. The number of carboxylic acids is 1. The van der Waals surface area contributed by atoms with Crippen LogP contribution in [0.4, 0.5) is 0 Å². The molecule has 0 radical (unpaired) electrons. The Bertz CT molecular complexity index is 1790. The molecule has 0 heterocycles. The van der Waals surface area contributed by atoms with Crippen molar-refractivity contribution in [2.45, 2.75) is 347 Å². The molecule has 0 saturated carbocycles. The largest absolute Gasteiger partial charge is 0.477 e. The maximum Gasteiger partial charge on any atom is 0.361 e. The third kappa shape index (κ3) is 71.5. The summed E-state index contributed by atoms with van der Waals surface area (Å²) in [5, 5.41) is 9.76. The average Bonchev–Trinajstić information content (AvgIpc) is 3.64. The predicted molar refractivity (Wildman–Crippen MR) is 382 cm³/mol. The first-order valence-electron chi connectivity index (χ1n) is 37.4. The Morgan fingerprint density at radius 2 is 0.640 bits per heavy atom. The van der Waals surface area contributed by atoms with Gasteiger partial charge in [0.05, 0.1) is 34.4 Å². The van der Waals surface area contributed by atoms with Gasteiger partial charge in [0.2, 0.25) is 0 Å². The number of carboxylic acid groups (broad SMARTS) is 1. The molecule has 1 N–H and O–H groups in total. The van der Waals surface area contributed by atoms with E-state index in [0.717, 1.165) is 83.5 Å². The Balaban J connectivity index is 4.07. The van der Waals surface area contributed by atoms with Crippen molar-refractivity contribution in [1.29, 1.82) is 0 Å². The van der Waals surface area contributed by atoms with Crippen LogP contribution < -0.4 is 0 Å². The third-order valence-electron chi connectivity index (χ3n) is 16.3. The maximum atomic E-state index is 13.0. The van der Waals surface area contributed by atoms with Crippen LogP contribution in [0.15, 0.2) is 97.2 Å². The van der Waals surface area contributed by atoms with Crippen molar-refractivity contribution in [1.82, 2.24) is 0 Å². The number of ether oxygens (including phenoxy) is 4. The number of esters is 2. The summed E-state index contributed by atoms with van der Waals surface area (Å²) in [4.78, 5) is 37.7. The van der Waals surface area contributed by atoms with Gasteiger partial charge in [-0.25, -0.2) is 4.79 Å². The molecule has 89 heavy (non-hydrogen) atoms. The van der Waals surface area contributed by atoms with Gasteiger partial charge in [0.25, 0.3) is 6.29 Å². The number of allylic oxidation sites excluding steroid dienone is 16. The molecule has 0 aliphatic rings. The molecule has 0 aliphatic carbocycles. The zero-order valence-electron chi connectivity index (χ0n) is 58.8. The lowest BCUT2D eigenvalue weighted by Gasteiger charge is -2.25. The molecule has 0 aromatic heterocycles. The summed E-state index contributed by atoms with van der Waals surface area (Å²) in [6, 6.07) is 0. The molecule has 2 atom stereocenters. The van der Waals surface area contributed by atoms with E-state index in [1.807, 2.05) is 21.1 Å². The van der Waals surface area contributed by atoms with Crippen LogP contribution >= 0.6 is 0 Å². The number of rotatable bonds is 69. The van der Waals surface area contributed by atoms with Gasteiger partial charge in [-0.1, -0.05) is 323 Å². The normalized spacial score (nSPS) is 13.2. The summed E-state index contributed by atoms with van der Waals surface area (Å²) in [5.74, 6) is -1.99. The molecule has 0 fully saturated rings. The summed E-state index contributed by atoms with van der Waals surface area (Å²) >= 11 is 0. The highest BCUT2D eigenvalue weighted by Gasteiger charge is 2.25. The molecule has 0 rings (SSSR count). The summed E-state index contributed by atoms with van der Waals surface area (Å²) in [5.41, 5.74) is 0. The third-order valence-corrected chi connectivity index (χ3v) is 16.3. The maximum absolute atomic E-state index is 13.0. The van der Waals surface area contributed by atoms with E-state index in [9.17, 15) is 19.5 Å². The van der Waals surface area contributed by atoms with Crippen LogP contribution in [-0.4, -0.2) is 87.4 Å². The topological polar surface area (TPSA) is 108 Å². The van der Waals surface area contributed by atoms with Crippen molar-refractivity contribution in [2.24, 2.45) is 0 Å². The number of quaternary nitrogens is 1. The monoisotopic (exact) mass is 1250 g/mol. The quantitative estimate of drug-likeness (QED) is 0.0211. The lowest BCUT2D eigenvalue weighted by molar-refractivity contribution is -0.870. The summed E-state index contributed by atoms with van der Waals surface area (Å²) in [6.45, 7) is 4.79. The van der Waals surface area contributed by atoms with Crippen LogP contribution in [0, 0.1) is 0 Å². The summed E-state index contributed by atoms with van der Waals surface area (Å²) in [6.07, 6.45) is 93.9. The fourth-order valence-corrected chi connectivity index (χ4v) is 10.6. The first kappa shape index (κ1) is 85.2. The van der Waals surface area contributed by atoms with E-state index in [4.69, 9.17) is 18.9 Å². The van der Waals surface area contributed by atoms with Crippen LogP contribution in [0.2, 0.25) is 0 Å². The number of aliphatic carboxylic acids is 1. The molecule has 0 saturated heterocycles. The van der Waals surface area contributed by atoms with Gasteiger partial charge in [-0.3, -0.25) is 9.59 Å². The molecule has 0 aromatic rings. The van der Waals surface area contributed by atoms with Crippen molar-refractivity contribution < 1.29 is 42.9 Å². The number of unbranched alkanes of at least 4 members (excludes halogenated alkanes) is 38. The van der Waals surface area contributed by atoms with E-state index in [0.29, 0.717) is 17.4 Å². The number of carbonyl (C=O) groups excluding carboxylic acids is 2. The molecule has 0 bridgehead atoms. The number of likely N-dealkylation sites (N-methyl/N-ethyl adjacent to an activating group) is 1. The minimum absolute atomic E-state index is 0.182. The zero-order chi connectivity index (χ0) is 64.7. The number of hydrogen-bond donors (Lipinski definition) is 1. The molecule has 9 nitrogen and oxygen atoms in total. The highest BCUT2D eigenvalue weighted by molar-refractivity contribution is 5.71. The Kier molecular flexibility index (Phi) is 67.1. The van der Waals surface area contributed by atoms with E-state index in [2.05, 4.69) is 111 Å². The van der Waals surface area contributed by atoms with Crippen LogP contribution in [0.1, 0.15) is 335 Å². The van der Waals surface area contributed by atoms with Gasteiger partial charge < -0.3 is 28.5 Å². The van der Waals surface area contributed by atoms with Gasteiger partial charge in [0, 0.05) is 12.8 Å². The van der Waals surface area contributed by atoms with Gasteiger partial charge in [-0.05, 0) is 96.3 Å². The van der Waals surface area contributed by atoms with Crippen molar-refractivity contribution in [3.63, 3.8) is 0 Å². The van der Waals surface area contributed by atoms with Crippen LogP contribution in [0.25, 0.3) is 0 Å². The van der Waals surface area contributed by atoms with Crippen molar-refractivity contribution in [2.75, 3.05) is 47.5 Å². The second kappa shape index (κ2) is 70.1. The van der Waals surface area contributed by atoms with E-state index >= 15 is 0 Å². The predicted octanol–water partition coefficient (Wildman–Crippen LogP) is 23.6. The molecule has 2 unspecified atom stereocenters. The molecular weight excluding hydrogens is 1100 g/mol. The first-order chi connectivity index (χ1) is 43.6. The Labute approximate surface area is 550 Å². The molecule has 0 amide bonds. The SMILES string of the molecule is CC/C=C\C/C=C\C/C=C\C/C=C\C/C=C\C/C=C\CCCCCCCCCCCCCCCCC(=O)OC(COC(=O)CCCCCCCCCCCCCCCCCCCCC/C=C\C/C=C\CCCCCCC)COC(OCC[N+](C)(C)C)C(=O)O. The second-order valence-electron chi connectivity index (χ2n) is 26.2. The van der Waals surface area contributed by atoms with Gasteiger partial charge in [0.1, 0.15) is 13.2 Å². The lowest BCUT2D eigenvalue weighted by Crippen LogP contribution is -2.40. The molecule has 0 aromatic carbocycles. The molecule has 9 heteroatoms. The van der Waals surface area contributed by atoms with Crippen LogP contribution in [0.3, 0.4) is 0 Å². The Hall–Kier alpha value is -3.79. The van der Waals surface area contributed by atoms with Crippen LogP contribution in [0.5, 0.6) is 0 Å². The molecule has 0 aliphatic heterocycles. The van der Waals surface area contributed by atoms with E-state index in [1.54, 1.807) is 0 Å².